The molecule has 37 heavy (non-hydrogen) atoms. The predicted octanol–water partition coefficient (Wildman–Crippen LogP) is 3.43. The number of thiophene rings is 1. The molecule has 3 rings (SSSR count). The van der Waals surface area contributed by atoms with Gasteiger partial charge in [0, 0.05) is 43.5 Å². The zero-order valence-electron chi connectivity index (χ0n) is 21.7. The van der Waals surface area contributed by atoms with Crippen LogP contribution in [0.4, 0.5) is 10.1 Å². The Morgan fingerprint density at radius 2 is 1.95 bits per heavy atom. The Kier molecular flexibility index (Phi) is 9.73. The molecule has 1 aliphatic heterocycles. The number of hydrogen-bond donors (Lipinski definition) is 1. The molecule has 12 heteroatoms. The number of halogens is 2. The van der Waals surface area contributed by atoms with Crippen molar-refractivity contribution >= 4 is 50.3 Å². The second-order valence-electron chi connectivity index (χ2n) is 9.82. The fourth-order valence-corrected chi connectivity index (χ4v) is 7.46. The van der Waals surface area contributed by atoms with E-state index in [-0.39, 0.29) is 35.4 Å². The maximum atomic E-state index is 14.9. The van der Waals surface area contributed by atoms with E-state index in [0.717, 1.165) is 10.9 Å². The number of nitrogens with one attached hydrogen (secondary N) is 1. The van der Waals surface area contributed by atoms with Crippen LogP contribution in [0.25, 0.3) is 0 Å². The second kappa shape index (κ2) is 12.2. The van der Waals surface area contributed by atoms with Crippen molar-refractivity contribution < 1.29 is 22.4 Å². The number of sulfone groups is 1. The minimum Gasteiger partial charge on any atom is -0.345 e. The molecule has 0 saturated carbocycles. The number of carbonyl (C=O) groups is 2. The van der Waals surface area contributed by atoms with Gasteiger partial charge in [-0.2, -0.15) is 0 Å². The van der Waals surface area contributed by atoms with Crippen LogP contribution in [-0.4, -0.2) is 88.5 Å². The van der Waals surface area contributed by atoms with Gasteiger partial charge in [0.1, 0.15) is 11.2 Å². The molecule has 2 heterocycles. The summed E-state index contributed by atoms with van der Waals surface area (Å²) in [6.07, 6.45) is 0.632. The molecule has 2 aromatic rings. The first-order chi connectivity index (χ1) is 17.3. The molecule has 1 saturated heterocycles. The molecule has 0 spiro atoms. The zero-order valence-corrected chi connectivity index (χ0v) is 24.1. The molecular formula is C25H34ClFN4O4S2. The molecular weight excluding hydrogens is 539 g/mol. The SMILES string of the molecule is C[C@@H](CS(=O)(=O)[C@@H](CCN(C)C)N[C@H]1CCN(c2ccc(C(=O)N(C)C)cc2F)C1=O)c1ccc(Cl)s1. The molecule has 0 radical (unpaired) electrons. The minimum absolute atomic E-state index is 0.0699. The summed E-state index contributed by atoms with van der Waals surface area (Å²) in [4.78, 5) is 30.8. The third-order valence-corrected chi connectivity index (χ3v) is 9.98. The third kappa shape index (κ3) is 7.29. The highest BCUT2D eigenvalue weighted by Gasteiger charge is 2.38. The topological polar surface area (TPSA) is 90.0 Å². The van der Waals surface area contributed by atoms with Crippen molar-refractivity contribution in [2.45, 2.75) is 37.1 Å². The lowest BCUT2D eigenvalue weighted by molar-refractivity contribution is -0.118. The van der Waals surface area contributed by atoms with E-state index in [1.54, 1.807) is 20.2 Å². The molecule has 1 aromatic carbocycles. The first kappa shape index (κ1) is 29.5. The van der Waals surface area contributed by atoms with Gasteiger partial charge in [0.15, 0.2) is 9.84 Å². The van der Waals surface area contributed by atoms with Gasteiger partial charge in [-0.25, -0.2) is 12.8 Å². The van der Waals surface area contributed by atoms with Gasteiger partial charge in [0.25, 0.3) is 5.91 Å². The van der Waals surface area contributed by atoms with Crippen LogP contribution in [0.1, 0.15) is 40.9 Å². The van der Waals surface area contributed by atoms with E-state index >= 15 is 0 Å². The van der Waals surface area contributed by atoms with Crippen molar-refractivity contribution in [2.24, 2.45) is 0 Å². The summed E-state index contributed by atoms with van der Waals surface area (Å²) in [7, 11) is 3.22. The van der Waals surface area contributed by atoms with E-state index in [2.05, 4.69) is 5.32 Å². The molecule has 1 aliphatic rings. The van der Waals surface area contributed by atoms with Crippen molar-refractivity contribution in [2.75, 3.05) is 51.9 Å². The van der Waals surface area contributed by atoms with Gasteiger partial charge >= 0.3 is 0 Å². The van der Waals surface area contributed by atoms with E-state index in [1.807, 2.05) is 32.0 Å². The summed E-state index contributed by atoms with van der Waals surface area (Å²) in [6.45, 7) is 2.59. The lowest BCUT2D eigenvalue weighted by Crippen LogP contribution is -2.49. The first-order valence-electron chi connectivity index (χ1n) is 12.0. The van der Waals surface area contributed by atoms with E-state index in [0.29, 0.717) is 23.7 Å². The lowest BCUT2D eigenvalue weighted by atomic mass is 10.1. The Hall–Kier alpha value is -2.05. The molecule has 1 aromatic heterocycles. The van der Waals surface area contributed by atoms with E-state index in [9.17, 15) is 22.4 Å². The smallest absolute Gasteiger partial charge is 0.253 e. The number of rotatable bonds is 11. The quantitative estimate of drug-likeness (QED) is 0.444. The highest BCUT2D eigenvalue weighted by molar-refractivity contribution is 7.92. The first-order valence-corrected chi connectivity index (χ1v) is 14.9. The highest BCUT2D eigenvalue weighted by Crippen LogP contribution is 2.30. The molecule has 0 bridgehead atoms. The Balaban J connectivity index is 1.76. The van der Waals surface area contributed by atoms with Gasteiger partial charge in [0.2, 0.25) is 5.91 Å². The van der Waals surface area contributed by atoms with Crippen LogP contribution in [0.15, 0.2) is 30.3 Å². The Bertz CT molecular complexity index is 1240. The third-order valence-electron chi connectivity index (χ3n) is 6.32. The highest BCUT2D eigenvalue weighted by atomic mass is 35.5. The Labute approximate surface area is 227 Å². The van der Waals surface area contributed by atoms with Gasteiger partial charge < -0.3 is 14.7 Å². The molecule has 1 fully saturated rings. The number of benzene rings is 1. The van der Waals surface area contributed by atoms with Crippen molar-refractivity contribution in [1.29, 1.82) is 0 Å². The summed E-state index contributed by atoms with van der Waals surface area (Å²) >= 11 is 7.38. The summed E-state index contributed by atoms with van der Waals surface area (Å²) in [5, 5.41) is 2.14. The fraction of sp³-hybridized carbons (Fsp3) is 0.520. The Morgan fingerprint density at radius 1 is 1.24 bits per heavy atom. The van der Waals surface area contributed by atoms with Crippen LogP contribution in [0, 0.1) is 5.82 Å². The summed E-state index contributed by atoms with van der Waals surface area (Å²) < 4.78 is 42.4. The molecule has 1 N–H and O–H groups in total. The molecule has 8 nitrogen and oxygen atoms in total. The van der Waals surface area contributed by atoms with Crippen molar-refractivity contribution in [3.63, 3.8) is 0 Å². The molecule has 2 amide bonds. The molecule has 3 atom stereocenters. The summed E-state index contributed by atoms with van der Waals surface area (Å²) in [5.74, 6) is -1.75. The van der Waals surface area contributed by atoms with Crippen LogP contribution in [0.5, 0.6) is 0 Å². The van der Waals surface area contributed by atoms with Crippen LogP contribution in [0.2, 0.25) is 4.34 Å². The van der Waals surface area contributed by atoms with Crippen LogP contribution >= 0.6 is 22.9 Å². The average Bonchev–Trinajstić information content (AvgIpc) is 3.41. The van der Waals surface area contributed by atoms with Gasteiger partial charge in [-0.15, -0.1) is 11.3 Å². The molecule has 0 unspecified atom stereocenters. The Morgan fingerprint density at radius 3 is 2.51 bits per heavy atom. The molecule has 0 aliphatic carbocycles. The zero-order chi connectivity index (χ0) is 27.5. The van der Waals surface area contributed by atoms with Gasteiger partial charge in [-0.1, -0.05) is 18.5 Å². The van der Waals surface area contributed by atoms with Crippen molar-refractivity contribution in [3.05, 3.63) is 50.9 Å². The number of anilines is 1. The normalized spacial score (nSPS) is 17.9. The average molecular weight is 573 g/mol. The predicted molar refractivity (Wildman–Crippen MR) is 147 cm³/mol. The van der Waals surface area contributed by atoms with Gasteiger partial charge in [-0.05, 0) is 57.3 Å². The summed E-state index contributed by atoms with van der Waals surface area (Å²) in [6, 6.07) is 6.84. The van der Waals surface area contributed by atoms with E-state index < -0.39 is 33.0 Å². The van der Waals surface area contributed by atoms with E-state index in [4.69, 9.17) is 11.6 Å². The van der Waals surface area contributed by atoms with Gasteiger partial charge in [-0.3, -0.25) is 14.9 Å². The van der Waals surface area contributed by atoms with E-state index in [1.165, 1.54) is 33.3 Å². The number of amides is 2. The number of hydrogen-bond acceptors (Lipinski definition) is 7. The summed E-state index contributed by atoms with van der Waals surface area (Å²) in [5.41, 5.74) is 0.254. The minimum atomic E-state index is -3.64. The fourth-order valence-electron chi connectivity index (χ4n) is 4.30. The standard InChI is InChI=1S/C25H34ClFN4O4S2/c1-16(21-8-9-22(26)36-21)15-37(34,35)23(11-12-29(2)3)28-19-10-13-31(25(19)33)20-7-6-17(14-18(20)27)24(32)30(4)5/h6-9,14,16,19,23,28H,10-13,15H2,1-5H3/t16-,19-,23-/m0/s1. The maximum absolute atomic E-state index is 14.9. The lowest BCUT2D eigenvalue weighted by Gasteiger charge is -2.25. The maximum Gasteiger partial charge on any atom is 0.253 e. The van der Waals surface area contributed by atoms with Crippen LogP contribution in [-0.2, 0) is 14.6 Å². The van der Waals surface area contributed by atoms with Crippen LogP contribution in [0.3, 0.4) is 0 Å². The largest absolute Gasteiger partial charge is 0.345 e. The van der Waals surface area contributed by atoms with Crippen molar-refractivity contribution in [1.82, 2.24) is 15.1 Å². The monoisotopic (exact) mass is 572 g/mol. The second-order valence-corrected chi connectivity index (χ2v) is 13.8. The number of carbonyl (C=O) groups excluding carboxylic acids is 2. The van der Waals surface area contributed by atoms with Gasteiger partial charge in [0.05, 0.1) is 21.8 Å². The van der Waals surface area contributed by atoms with Crippen molar-refractivity contribution in [3.8, 4) is 0 Å². The number of nitrogens with zero attached hydrogens (tertiary/aromatic N) is 3. The van der Waals surface area contributed by atoms with Crippen LogP contribution < -0.4 is 10.2 Å². The molecule has 204 valence electrons.